The van der Waals surface area contributed by atoms with Gasteiger partial charge in [-0.05, 0) is 12.8 Å². The highest BCUT2D eigenvalue weighted by Crippen LogP contribution is 2.32. The standard InChI is InChI=1S/C18H26N4O4S/c1-2-5-26-12-7-15-17(24)21-4-3-11(6-14(21)18(25)22(15)8-12)20-16(23)13-9-27-10-19-13/h2,11-15,19H,1,3-10H2,(H,20,23)/p+1/t11-,12+,13-,14-,15-/m0/s1. The fraction of sp³-hybridized carbons (Fsp3) is 0.722. The molecule has 0 radical (unpaired) electrons. The van der Waals surface area contributed by atoms with E-state index < -0.39 is 12.1 Å². The summed E-state index contributed by atoms with van der Waals surface area (Å²) in [6.07, 6.45) is 3.31. The number of rotatable bonds is 5. The molecule has 3 amide bonds. The number of carbonyl (C=O) groups excluding carboxylic acids is 3. The molecule has 27 heavy (non-hydrogen) atoms. The molecule has 5 atom stereocenters. The zero-order valence-electron chi connectivity index (χ0n) is 15.3. The van der Waals surface area contributed by atoms with E-state index in [1.54, 1.807) is 27.6 Å². The van der Waals surface area contributed by atoms with Gasteiger partial charge in [-0.1, -0.05) is 17.8 Å². The lowest BCUT2D eigenvalue weighted by atomic mass is 9.92. The Morgan fingerprint density at radius 3 is 2.81 bits per heavy atom. The van der Waals surface area contributed by atoms with Crippen LogP contribution in [0.5, 0.6) is 0 Å². The molecule has 3 N–H and O–H groups in total. The molecule has 4 heterocycles. The van der Waals surface area contributed by atoms with Crippen molar-refractivity contribution in [2.45, 2.75) is 49.5 Å². The third-order valence-corrected chi connectivity index (χ3v) is 6.95. The van der Waals surface area contributed by atoms with Crippen molar-refractivity contribution in [2.75, 3.05) is 31.3 Å². The molecule has 8 nitrogen and oxygen atoms in total. The van der Waals surface area contributed by atoms with E-state index in [9.17, 15) is 14.4 Å². The summed E-state index contributed by atoms with van der Waals surface area (Å²) in [4.78, 5) is 41.7. The van der Waals surface area contributed by atoms with Gasteiger partial charge in [-0.25, -0.2) is 0 Å². The van der Waals surface area contributed by atoms with E-state index in [0.29, 0.717) is 39.0 Å². The monoisotopic (exact) mass is 395 g/mol. The first-order valence-electron chi connectivity index (χ1n) is 9.63. The number of quaternary nitrogens is 1. The zero-order chi connectivity index (χ0) is 19.0. The van der Waals surface area contributed by atoms with Gasteiger partial charge in [0.1, 0.15) is 18.0 Å². The lowest BCUT2D eigenvalue weighted by Gasteiger charge is -2.46. The SMILES string of the molecule is C=CCO[C@@H]1C[C@H]2C(=O)N3CC[C@H](NC(=O)[C@@H]4CSC[NH2+]4)C[C@H]3C(=O)N2C1. The minimum atomic E-state index is -0.465. The summed E-state index contributed by atoms with van der Waals surface area (Å²) in [5.74, 6) is 1.80. The van der Waals surface area contributed by atoms with Crippen LogP contribution in [0.25, 0.3) is 0 Å². The molecule has 0 aromatic heterocycles. The quantitative estimate of drug-likeness (QED) is 0.540. The first kappa shape index (κ1) is 18.8. The Bertz CT molecular complexity index is 639. The molecular formula is C18H27N4O4S+. The van der Waals surface area contributed by atoms with Crippen LogP contribution in [-0.4, -0.2) is 89.1 Å². The van der Waals surface area contributed by atoms with E-state index in [4.69, 9.17) is 4.74 Å². The maximum Gasteiger partial charge on any atom is 0.279 e. The minimum absolute atomic E-state index is 0.00811. The van der Waals surface area contributed by atoms with Gasteiger partial charge in [0.15, 0.2) is 6.04 Å². The van der Waals surface area contributed by atoms with Crippen molar-refractivity contribution in [1.29, 1.82) is 0 Å². The number of fused-ring (bicyclic) bond motifs is 2. The van der Waals surface area contributed by atoms with Crippen molar-refractivity contribution in [3.8, 4) is 0 Å². The highest BCUT2D eigenvalue weighted by atomic mass is 32.2. The fourth-order valence-corrected chi connectivity index (χ4v) is 5.56. The molecule has 0 aromatic carbocycles. The average molecular weight is 396 g/mol. The van der Waals surface area contributed by atoms with Crippen molar-refractivity contribution in [2.24, 2.45) is 0 Å². The summed E-state index contributed by atoms with van der Waals surface area (Å²) >= 11 is 1.76. The molecular weight excluding hydrogens is 368 g/mol. The van der Waals surface area contributed by atoms with E-state index >= 15 is 0 Å². The van der Waals surface area contributed by atoms with Crippen molar-refractivity contribution in [3.05, 3.63) is 12.7 Å². The summed E-state index contributed by atoms with van der Waals surface area (Å²) in [5, 5.41) is 5.14. The molecule has 0 aliphatic carbocycles. The van der Waals surface area contributed by atoms with Crippen LogP contribution >= 0.6 is 11.8 Å². The Morgan fingerprint density at radius 1 is 1.30 bits per heavy atom. The minimum Gasteiger partial charge on any atom is -0.372 e. The third kappa shape index (κ3) is 3.60. The Labute approximate surface area is 163 Å². The molecule has 4 aliphatic rings. The van der Waals surface area contributed by atoms with Crippen LogP contribution in [-0.2, 0) is 19.1 Å². The number of carbonyl (C=O) groups is 3. The smallest absolute Gasteiger partial charge is 0.279 e. The summed E-state index contributed by atoms with van der Waals surface area (Å²) < 4.78 is 5.68. The largest absolute Gasteiger partial charge is 0.372 e. The Hall–Kier alpha value is -1.58. The van der Waals surface area contributed by atoms with Crippen LogP contribution in [0.2, 0.25) is 0 Å². The number of piperazine rings is 1. The van der Waals surface area contributed by atoms with Crippen molar-refractivity contribution in [3.63, 3.8) is 0 Å². The molecule has 4 rings (SSSR count). The molecule has 148 valence electrons. The number of nitrogens with two attached hydrogens (primary N) is 1. The molecule has 4 saturated heterocycles. The maximum atomic E-state index is 13.0. The van der Waals surface area contributed by atoms with Crippen molar-refractivity contribution < 1.29 is 24.4 Å². The second-order valence-electron chi connectivity index (χ2n) is 7.64. The first-order valence-corrected chi connectivity index (χ1v) is 10.8. The van der Waals surface area contributed by atoms with Gasteiger partial charge in [-0.3, -0.25) is 14.4 Å². The average Bonchev–Trinajstić information content (AvgIpc) is 3.34. The van der Waals surface area contributed by atoms with Gasteiger partial charge in [0.25, 0.3) is 5.91 Å². The topological polar surface area (TPSA) is 95.6 Å². The van der Waals surface area contributed by atoms with Crippen LogP contribution in [0.4, 0.5) is 0 Å². The first-order chi connectivity index (χ1) is 13.1. The normalized spacial score (nSPS) is 35.8. The number of nitrogens with zero attached hydrogens (tertiary/aromatic N) is 2. The lowest BCUT2D eigenvalue weighted by molar-refractivity contribution is -0.648. The third-order valence-electron chi connectivity index (χ3n) is 5.93. The number of piperidine rings is 1. The molecule has 0 saturated carbocycles. The molecule has 4 aliphatic heterocycles. The van der Waals surface area contributed by atoms with E-state index in [1.165, 1.54) is 0 Å². The summed E-state index contributed by atoms with van der Waals surface area (Å²) in [5.41, 5.74) is 0. The maximum absolute atomic E-state index is 13.0. The zero-order valence-corrected chi connectivity index (χ0v) is 16.2. The van der Waals surface area contributed by atoms with Gasteiger partial charge >= 0.3 is 0 Å². The van der Waals surface area contributed by atoms with Gasteiger partial charge in [0, 0.05) is 25.6 Å². The van der Waals surface area contributed by atoms with E-state index in [0.717, 1.165) is 11.6 Å². The summed E-state index contributed by atoms with van der Waals surface area (Å²) in [6, 6.07) is -0.961. The van der Waals surface area contributed by atoms with Crippen LogP contribution < -0.4 is 10.6 Å². The van der Waals surface area contributed by atoms with Crippen molar-refractivity contribution >= 4 is 29.5 Å². The van der Waals surface area contributed by atoms with Gasteiger partial charge in [0.05, 0.1) is 18.5 Å². The second kappa shape index (κ2) is 7.81. The van der Waals surface area contributed by atoms with Crippen LogP contribution in [0.1, 0.15) is 19.3 Å². The Morgan fingerprint density at radius 2 is 2.07 bits per heavy atom. The number of nitrogens with one attached hydrogen (secondary N) is 1. The van der Waals surface area contributed by atoms with E-state index in [-0.39, 0.29) is 35.9 Å². The molecule has 9 heteroatoms. The van der Waals surface area contributed by atoms with Crippen LogP contribution in [0.3, 0.4) is 0 Å². The lowest BCUT2D eigenvalue weighted by Crippen LogP contribution is -2.90. The molecule has 0 unspecified atom stereocenters. The van der Waals surface area contributed by atoms with Gasteiger partial charge in [0.2, 0.25) is 11.8 Å². The Kier molecular flexibility index (Phi) is 5.43. The van der Waals surface area contributed by atoms with Crippen molar-refractivity contribution in [1.82, 2.24) is 15.1 Å². The number of hydrogen-bond acceptors (Lipinski definition) is 5. The highest BCUT2D eigenvalue weighted by molar-refractivity contribution is 7.99. The molecule has 0 bridgehead atoms. The van der Waals surface area contributed by atoms with Crippen LogP contribution in [0.15, 0.2) is 12.7 Å². The highest BCUT2D eigenvalue weighted by Gasteiger charge is 2.52. The predicted molar refractivity (Wildman–Crippen MR) is 99.8 cm³/mol. The number of ether oxygens (including phenoxy) is 1. The number of amides is 3. The fourth-order valence-electron chi connectivity index (χ4n) is 4.52. The van der Waals surface area contributed by atoms with Crippen LogP contribution in [0, 0.1) is 0 Å². The number of hydrogen-bond donors (Lipinski definition) is 2. The van der Waals surface area contributed by atoms with E-state index in [1.807, 2.05) is 5.32 Å². The van der Waals surface area contributed by atoms with Gasteiger partial charge in [-0.2, -0.15) is 0 Å². The predicted octanol–water partition coefficient (Wildman–Crippen LogP) is -1.72. The second-order valence-corrected chi connectivity index (χ2v) is 8.72. The Balaban J connectivity index is 1.40. The molecule has 0 spiro atoms. The molecule has 4 fully saturated rings. The molecule has 0 aromatic rings. The summed E-state index contributed by atoms with van der Waals surface area (Å²) in [7, 11) is 0. The van der Waals surface area contributed by atoms with E-state index in [2.05, 4.69) is 11.9 Å². The summed E-state index contributed by atoms with van der Waals surface area (Å²) in [6.45, 7) is 5.04. The van der Waals surface area contributed by atoms with Gasteiger partial charge in [-0.15, -0.1) is 6.58 Å². The number of thioether (sulfide) groups is 1. The van der Waals surface area contributed by atoms with Gasteiger partial charge < -0.3 is 25.2 Å².